The predicted molar refractivity (Wildman–Crippen MR) is 98.1 cm³/mol. The zero-order chi connectivity index (χ0) is 17.6. The molecule has 0 spiro atoms. The second-order valence-corrected chi connectivity index (χ2v) is 7.15. The Balaban J connectivity index is 1.49. The van der Waals surface area contributed by atoms with Crippen molar-refractivity contribution in [3.8, 4) is 5.75 Å². The van der Waals surface area contributed by atoms with E-state index in [1.807, 2.05) is 34.5 Å². The number of ether oxygens (including phenoxy) is 1. The van der Waals surface area contributed by atoms with E-state index < -0.39 is 0 Å². The van der Waals surface area contributed by atoms with Crippen LogP contribution in [0.3, 0.4) is 0 Å². The number of rotatable bonds is 5. The molecule has 1 aromatic carbocycles. The van der Waals surface area contributed by atoms with Crippen molar-refractivity contribution in [1.82, 2.24) is 10.2 Å². The number of benzene rings is 1. The van der Waals surface area contributed by atoms with E-state index in [-0.39, 0.29) is 17.9 Å². The lowest BCUT2D eigenvalue weighted by Gasteiger charge is -2.32. The molecule has 1 aliphatic heterocycles. The zero-order valence-electron chi connectivity index (χ0n) is 14.2. The molecule has 2 aromatic rings. The summed E-state index contributed by atoms with van der Waals surface area (Å²) in [5.41, 5.74) is 0.638. The van der Waals surface area contributed by atoms with Crippen LogP contribution >= 0.6 is 11.3 Å². The first kappa shape index (κ1) is 17.5. The number of hydrogen-bond acceptors (Lipinski definition) is 4. The average molecular weight is 358 g/mol. The maximum absolute atomic E-state index is 12.6. The number of amides is 2. The first-order valence-electron chi connectivity index (χ1n) is 8.41. The summed E-state index contributed by atoms with van der Waals surface area (Å²) < 4.78 is 5.18. The van der Waals surface area contributed by atoms with Crippen molar-refractivity contribution in [2.24, 2.45) is 0 Å². The van der Waals surface area contributed by atoms with E-state index in [4.69, 9.17) is 4.74 Å². The average Bonchev–Trinajstić information content (AvgIpc) is 3.14. The van der Waals surface area contributed by atoms with Crippen LogP contribution in [-0.4, -0.2) is 43.0 Å². The fraction of sp³-hybridized carbons (Fsp3) is 0.368. The third-order valence-electron chi connectivity index (χ3n) is 4.38. The third kappa shape index (κ3) is 4.60. The molecule has 1 aromatic heterocycles. The molecule has 1 aliphatic rings. The number of likely N-dealkylation sites (tertiary alicyclic amines) is 1. The molecule has 132 valence electrons. The van der Waals surface area contributed by atoms with Crippen LogP contribution < -0.4 is 10.1 Å². The monoisotopic (exact) mass is 358 g/mol. The van der Waals surface area contributed by atoms with Crippen LogP contribution in [-0.2, 0) is 11.2 Å². The second-order valence-electron chi connectivity index (χ2n) is 6.12. The highest BCUT2D eigenvalue weighted by molar-refractivity contribution is 7.10. The molecule has 0 radical (unpaired) electrons. The van der Waals surface area contributed by atoms with Gasteiger partial charge in [0.1, 0.15) is 5.75 Å². The van der Waals surface area contributed by atoms with Gasteiger partial charge in [-0.15, -0.1) is 11.3 Å². The molecule has 5 nitrogen and oxygen atoms in total. The fourth-order valence-electron chi connectivity index (χ4n) is 3.02. The maximum atomic E-state index is 12.6. The normalized spacial score (nSPS) is 15.0. The summed E-state index contributed by atoms with van der Waals surface area (Å²) in [4.78, 5) is 27.6. The van der Waals surface area contributed by atoms with E-state index in [2.05, 4.69) is 5.32 Å². The van der Waals surface area contributed by atoms with Gasteiger partial charge in [-0.05, 0) is 42.5 Å². The number of nitrogens with zero attached hydrogens (tertiary/aromatic N) is 1. The fourth-order valence-corrected chi connectivity index (χ4v) is 3.72. The topological polar surface area (TPSA) is 58.6 Å². The molecular weight excluding hydrogens is 336 g/mol. The van der Waals surface area contributed by atoms with Crippen LogP contribution in [0.4, 0.5) is 0 Å². The molecule has 1 fully saturated rings. The summed E-state index contributed by atoms with van der Waals surface area (Å²) in [6.45, 7) is 1.31. The van der Waals surface area contributed by atoms with Crippen LogP contribution in [0.15, 0.2) is 41.8 Å². The lowest BCUT2D eigenvalue weighted by molar-refractivity contribution is -0.121. The van der Waals surface area contributed by atoms with Gasteiger partial charge < -0.3 is 15.0 Å². The molecule has 0 saturated carbocycles. The molecule has 0 unspecified atom stereocenters. The van der Waals surface area contributed by atoms with Crippen LogP contribution in [0.25, 0.3) is 0 Å². The van der Waals surface area contributed by atoms with Crippen LogP contribution in [0.1, 0.15) is 28.1 Å². The number of carbonyl (C=O) groups excluding carboxylic acids is 2. The highest BCUT2D eigenvalue weighted by atomic mass is 32.1. The summed E-state index contributed by atoms with van der Waals surface area (Å²) in [6, 6.07) is 11.3. The van der Waals surface area contributed by atoms with E-state index in [1.54, 1.807) is 30.6 Å². The number of thiophene rings is 1. The molecule has 6 heteroatoms. The Morgan fingerprint density at radius 3 is 2.72 bits per heavy atom. The van der Waals surface area contributed by atoms with E-state index in [1.165, 1.54) is 0 Å². The lowest BCUT2D eigenvalue weighted by atomic mass is 10.0. The van der Waals surface area contributed by atoms with E-state index in [0.29, 0.717) is 30.8 Å². The minimum absolute atomic E-state index is 0.0160. The summed E-state index contributed by atoms with van der Waals surface area (Å²) in [7, 11) is 1.59. The van der Waals surface area contributed by atoms with Gasteiger partial charge in [0, 0.05) is 29.6 Å². The van der Waals surface area contributed by atoms with Crippen molar-refractivity contribution in [2.75, 3.05) is 20.2 Å². The molecule has 1 saturated heterocycles. The van der Waals surface area contributed by atoms with Gasteiger partial charge in [0.15, 0.2) is 0 Å². The second kappa shape index (κ2) is 8.16. The zero-order valence-corrected chi connectivity index (χ0v) is 15.1. The Labute approximate surface area is 151 Å². The lowest BCUT2D eigenvalue weighted by Crippen LogP contribution is -2.46. The predicted octanol–water partition coefficient (Wildman–Crippen LogP) is 2.72. The number of carbonyl (C=O) groups is 2. The van der Waals surface area contributed by atoms with Gasteiger partial charge in [-0.25, -0.2) is 0 Å². The van der Waals surface area contributed by atoms with Crippen molar-refractivity contribution < 1.29 is 14.3 Å². The largest absolute Gasteiger partial charge is 0.497 e. The molecular formula is C19H22N2O3S. The smallest absolute Gasteiger partial charge is 0.253 e. The van der Waals surface area contributed by atoms with Crippen molar-refractivity contribution in [1.29, 1.82) is 0 Å². The molecule has 3 rings (SSSR count). The summed E-state index contributed by atoms with van der Waals surface area (Å²) in [5, 5.41) is 5.06. The van der Waals surface area contributed by atoms with Gasteiger partial charge in [0.2, 0.25) is 5.91 Å². The van der Waals surface area contributed by atoms with Crippen molar-refractivity contribution in [3.05, 3.63) is 52.2 Å². The molecule has 2 heterocycles. The van der Waals surface area contributed by atoms with Crippen LogP contribution in [0.2, 0.25) is 0 Å². The van der Waals surface area contributed by atoms with Crippen molar-refractivity contribution >= 4 is 23.2 Å². The minimum Gasteiger partial charge on any atom is -0.497 e. The molecule has 25 heavy (non-hydrogen) atoms. The molecule has 1 N–H and O–H groups in total. The standard InChI is InChI=1S/C19H22N2O3S/c1-24-16-5-2-4-14(12-16)19(23)21-9-7-15(8-10-21)20-18(22)13-17-6-3-11-25-17/h2-6,11-12,15H,7-10,13H2,1H3,(H,20,22). The first-order chi connectivity index (χ1) is 12.2. The Hall–Kier alpha value is -2.34. The number of nitrogens with one attached hydrogen (secondary N) is 1. The highest BCUT2D eigenvalue weighted by Crippen LogP contribution is 2.18. The number of piperidine rings is 1. The molecule has 0 atom stereocenters. The Bertz CT molecular complexity index is 722. The summed E-state index contributed by atoms with van der Waals surface area (Å²) in [6.07, 6.45) is 2.00. The van der Waals surface area contributed by atoms with Gasteiger partial charge in [-0.3, -0.25) is 9.59 Å². The van der Waals surface area contributed by atoms with Crippen molar-refractivity contribution in [2.45, 2.75) is 25.3 Å². The van der Waals surface area contributed by atoms with Crippen LogP contribution in [0, 0.1) is 0 Å². The Morgan fingerprint density at radius 2 is 2.04 bits per heavy atom. The summed E-state index contributed by atoms with van der Waals surface area (Å²) >= 11 is 1.59. The number of hydrogen-bond donors (Lipinski definition) is 1. The van der Waals surface area contributed by atoms with E-state index in [9.17, 15) is 9.59 Å². The highest BCUT2D eigenvalue weighted by Gasteiger charge is 2.24. The van der Waals surface area contributed by atoms with Gasteiger partial charge in [-0.1, -0.05) is 12.1 Å². The molecule has 0 bridgehead atoms. The maximum Gasteiger partial charge on any atom is 0.253 e. The minimum atomic E-state index is 0.0160. The third-order valence-corrected chi connectivity index (χ3v) is 5.26. The molecule has 0 aliphatic carbocycles. The van der Waals surface area contributed by atoms with Gasteiger partial charge in [0.25, 0.3) is 5.91 Å². The Kier molecular flexibility index (Phi) is 5.71. The van der Waals surface area contributed by atoms with Gasteiger partial charge >= 0.3 is 0 Å². The number of methoxy groups -OCH3 is 1. The summed E-state index contributed by atoms with van der Waals surface area (Å²) in [5.74, 6) is 0.754. The van der Waals surface area contributed by atoms with Gasteiger partial charge in [-0.2, -0.15) is 0 Å². The SMILES string of the molecule is COc1cccc(C(=O)N2CCC(NC(=O)Cc3cccs3)CC2)c1. The van der Waals surface area contributed by atoms with Crippen molar-refractivity contribution in [3.63, 3.8) is 0 Å². The molecule has 2 amide bonds. The first-order valence-corrected chi connectivity index (χ1v) is 9.29. The Morgan fingerprint density at radius 1 is 1.24 bits per heavy atom. The van der Waals surface area contributed by atoms with Crippen LogP contribution in [0.5, 0.6) is 5.75 Å². The quantitative estimate of drug-likeness (QED) is 0.894. The van der Waals surface area contributed by atoms with Gasteiger partial charge in [0.05, 0.1) is 13.5 Å². The van der Waals surface area contributed by atoms with E-state index in [0.717, 1.165) is 17.7 Å². The van der Waals surface area contributed by atoms with E-state index >= 15 is 0 Å².